The normalized spacial score (nSPS) is 10.8. The van der Waals surface area contributed by atoms with E-state index in [1.807, 2.05) is 19.1 Å². The Kier molecular flexibility index (Phi) is 5.76. The molecule has 160 valence electrons. The second-order valence-corrected chi connectivity index (χ2v) is 7.95. The van der Waals surface area contributed by atoms with E-state index >= 15 is 0 Å². The Labute approximate surface area is 192 Å². The number of hydrogen-bond donors (Lipinski definition) is 2. The predicted octanol–water partition coefficient (Wildman–Crippen LogP) is 5.96. The van der Waals surface area contributed by atoms with Gasteiger partial charge in [0.1, 0.15) is 5.82 Å². The van der Waals surface area contributed by atoms with Crippen molar-refractivity contribution in [2.24, 2.45) is 0 Å². The number of nitrogen functional groups attached to an aromatic ring is 1. The van der Waals surface area contributed by atoms with Crippen molar-refractivity contribution in [3.63, 3.8) is 0 Å². The van der Waals surface area contributed by atoms with Crippen LogP contribution in [0.15, 0.2) is 54.6 Å². The highest BCUT2D eigenvalue weighted by atomic mass is 15.1. The minimum Gasteiger partial charge on any atom is -0.383 e. The summed E-state index contributed by atoms with van der Waals surface area (Å²) in [5.41, 5.74) is 14.7. The van der Waals surface area contributed by atoms with E-state index in [1.54, 1.807) is 30.3 Å². The fraction of sp³-hybridized carbons (Fsp3) is 0.111. The van der Waals surface area contributed by atoms with Gasteiger partial charge < -0.3 is 11.1 Å². The van der Waals surface area contributed by atoms with Crippen molar-refractivity contribution in [3.8, 4) is 23.3 Å². The molecule has 0 bridgehead atoms. The fourth-order valence-electron chi connectivity index (χ4n) is 4.05. The van der Waals surface area contributed by atoms with Crippen LogP contribution >= 0.6 is 0 Å². The number of anilines is 3. The number of hydrogen-bond acceptors (Lipinski definition) is 6. The molecule has 0 radical (unpaired) electrons. The van der Waals surface area contributed by atoms with E-state index in [4.69, 9.17) is 21.2 Å². The molecule has 33 heavy (non-hydrogen) atoms. The average molecular weight is 431 g/mol. The zero-order valence-electron chi connectivity index (χ0n) is 18.6. The summed E-state index contributed by atoms with van der Waals surface area (Å²) in [5.74, 6) is 0.781. The first kappa shape index (κ1) is 21.5. The monoisotopic (exact) mass is 430 g/mol. The first-order valence-corrected chi connectivity index (χ1v) is 10.4. The molecule has 0 aliphatic carbocycles. The van der Waals surface area contributed by atoms with Gasteiger partial charge in [0.15, 0.2) is 0 Å². The molecule has 3 aromatic carbocycles. The van der Waals surface area contributed by atoms with Crippen LogP contribution in [-0.4, -0.2) is 9.97 Å². The van der Waals surface area contributed by atoms with Crippen LogP contribution in [0.2, 0.25) is 0 Å². The molecule has 0 aliphatic heterocycles. The topological polar surface area (TPSA) is 111 Å². The van der Waals surface area contributed by atoms with Crippen molar-refractivity contribution in [3.05, 3.63) is 82.4 Å². The van der Waals surface area contributed by atoms with Gasteiger partial charge in [-0.2, -0.15) is 15.5 Å². The lowest BCUT2D eigenvalue weighted by Gasteiger charge is -2.16. The highest BCUT2D eigenvalue weighted by Crippen LogP contribution is 2.36. The zero-order chi connectivity index (χ0) is 23.5. The number of nitrogens with two attached hydrogens (primary N) is 1. The van der Waals surface area contributed by atoms with Gasteiger partial charge in [0.05, 0.1) is 23.2 Å². The van der Waals surface area contributed by atoms with Crippen LogP contribution in [0.5, 0.6) is 0 Å². The highest BCUT2D eigenvalue weighted by Gasteiger charge is 2.16. The molecule has 4 rings (SSSR count). The van der Waals surface area contributed by atoms with Gasteiger partial charge in [-0.1, -0.05) is 12.1 Å². The lowest BCUT2D eigenvalue weighted by molar-refractivity contribution is 1.21. The van der Waals surface area contributed by atoms with Crippen LogP contribution in [0.1, 0.15) is 27.8 Å². The molecule has 6 nitrogen and oxygen atoms in total. The van der Waals surface area contributed by atoms with Crippen molar-refractivity contribution >= 4 is 34.4 Å². The lowest BCUT2D eigenvalue weighted by atomic mass is 9.91. The fourth-order valence-corrected chi connectivity index (χ4v) is 4.05. The van der Waals surface area contributed by atoms with Crippen LogP contribution in [0.25, 0.3) is 28.1 Å². The van der Waals surface area contributed by atoms with Gasteiger partial charge in [-0.15, -0.1) is 0 Å². The van der Waals surface area contributed by atoms with Crippen LogP contribution in [0, 0.1) is 43.4 Å². The second kappa shape index (κ2) is 8.82. The van der Waals surface area contributed by atoms with Crippen LogP contribution in [-0.2, 0) is 0 Å². The van der Waals surface area contributed by atoms with Crippen molar-refractivity contribution in [2.75, 3.05) is 11.1 Å². The van der Waals surface area contributed by atoms with E-state index < -0.39 is 0 Å². The molecule has 0 saturated heterocycles. The molecule has 3 N–H and O–H groups in total. The molecule has 1 heterocycles. The van der Waals surface area contributed by atoms with Crippen LogP contribution in [0.4, 0.5) is 17.5 Å². The lowest BCUT2D eigenvalue weighted by Crippen LogP contribution is -2.03. The van der Waals surface area contributed by atoms with Gasteiger partial charge in [-0.25, -0.2) is 4.98 Å². The van der Waals surface area contributed by atoms with Crippen molar-refractivity contribution in [1.29, 1.82) is 10.5 Å². The van der Waals surface area contributed by atoms with E-state index in [9.17, 15) is 0 Å². The third-order valence-electron chi connectivity index (χ3n) is 5.42. The zero-order valence-corrected chi connectivity index (χ0v) is 18.6. The number of benzene rings is 3. The summed E-state index contributed by atoms with van der Waals surface area (Å²) >= 11 is 0. The Morgan fingerprint density at radius 2 is 1.64 bits per heavy atom. The molecule has 6 heteroatoms. The van der Waals surface area contributed by atoms with Crippen molar-refractivity contribution in [2.45, 2.75) is 20.8 Å². The van der Waals surface area contributed by atoms with Gasteiger partial charge >= 0.3 is 0 Å². The maximum absolute atomic E-state index is 9.01. The molecular weight excluding hydrogens is 408 g/mol. The number of allylic oxidation sites excluding steroid dienone is 1. The Bertz CT molecular complexity index is 1460. The Morgan fingerprint density at radius 1 is 0.939 bits per heavy atom. The highest BCUT2D eigenvalue weighted by molar-refractivity contribution is 6.01. The summed E-state index contributed by atoms with van der Waals surface area (Å²) in [6.45, 7) is 6.14. The quantitative estimate of drug-likeness (QED) is 0.387. The number of nitriles is 2. The van der Waals surface area contributed by atoms with Crippen LogP contribution in [0.3, 0.4) is 0 Å². The maximum atomic E-state index is 9.01. The Morgan fingerprint density at radius 3 is 2.27 bits per heavy atom. The summed E-state index contributed by atoms with van der Waals surface area (Å²) < 4.78 is 0. The summed E-state index contributed by atoms with van der Waals surface area (Å²) in [6, 6.07) is 19.4. The molecule has 0 atom stereocenters. The summed E-state index contributed by atoms with van der Waals surface area (Å²) in [6.07, 6.45) is 3.28. The first-order valence-electron chi connectivity index (χ1n) is 10.4. The standard InChI is InChI=1S/C27H22N6/c1-16-11-22(24-17(2)13-20(5-4-10-28)14-18(24)3)25-23(12-16)26(30)33-27(32-25)31-21-8-6-19(15-29)7-9-21/h4-9,11-14H,1-3H3,(H3,30,31,32,33)/b5-4+. The molecule has 0 spiro atoms. The van der Waals surface area contributed by atoms with Crippen molar-refractivity contribution < 1.29 is 0 Å². The van der Waals surface area contributed by atoms with Crippen molar-refractivity contribution in [1.82, 2.24) is 9.97 Å². The van der Waals surface area contributed by atoms with Gasteiger partial charge in [0.2, 0.25) is 5.95 Å². The van der Waals surface area contributed by atoms with Gasteiger partial charge in [0.25, 0.3) is 0 Å². The molecule has 4 aromatic rings. The summed E-state index contributed by atoms with van der Waals surface area (Å²) in [5, 5.41) is 21.8. The first-order chi connectivity index (χ1) is 15.9. The number of aromatic nitrogens is 2. The van der Waals surface area contributed by atoms with Gasteiger partial charge in [-0.3, -0.25) is 0 Å². The molecule has 0 saturated carbocycles. The molecule has 0 amide bonds. The largest absolute Gasteiger partial charge is 0.383 e. The number of rotatable bonds is 4. The van der Waals surface area contributed by atoms with E-state index in [2.05, 4.69) is 48.4 Å². The summed E-state index contributed by atoms with van der Waals surface area (Å²) in [4.78, 5) is 9.28. The number of fused-ring (bicyclic) bond motifs is 1. The average Bonchev–Trinajstić information content (AvgIpc) is 2.78. The smallest absolute Gasteiger partial charge is 0.229 e. The van der Waals surface area contributed by atoms with E-state index in [0.717, 1.165) is 50.0 Å². The van der Waals surface area contributed by atoms with Gasteiger partial charge in [-0.05, 0) is 91.1 Å². The minimum atomic E-state index is 0.388. The molecule has 0 unspecified atom stereocenters. The minimum absolute atomic E-state index is 0.388. The Hall–Kier alpha value is -4.68. The van der Waals surface area contributed by atoms with Gasteiger partial charge in [0, 0.05) is 22.7 Å². The summed E-state index contributed by atoms with van der Waals surface area (Å²) in [7, 11) is 0. The molecule has 1 aromatic heterocycles. The van der Waals surface area contributed by atoms with E-state index in [0.29, 0.717) is 17.3 Å². The molecular formula is C27H22N6. The predicted molar refractivity (Wildman–Crippen MR) is 133 cm³/mol. The second-order valence-electron chi connectivity index (χ2n) is 7.95. The SMILES string of the molecule is Cc1cc(-c2c(C)cc(/C=C/C#N)cc2C)c2nc(Nc3ccc(C#N)cc3)nc(N)c2c1. The van der Waals surface area contributed by atoms with E-state index in [-0.39, 0.29) is 0 Å². The van der Waals surface area contributed by atoms with E-state index in [1.165, 1.54) is 6.08 Å². The third kappa shape index (κ3) is 4.37. The number of nitrogens with one attached hydrogen (secondary N) is 1. The molecule has 0 fully saturated rings. The van der Waals surface area contributed by atoms with Crippen LogP contribution < -0.4 is 11.1 Å². The number of nitrogens with zero attached hydrogens (tertiary/aromatic N) is 4. The Balaban J connectivity index is 1.88. The maximum Gasteiger partial charge on any atom is 0.229 e. The third-order valence-corrected chi connectivity index (χ3v) is 5.42. The number of aryl methyl sites for hydroxylation is 3. The molecule has 0 aliphatic rings.